The van der Waals surface area contributed by atoms with Crippen LogP contribution in [0.2, 0.25) is 0 Å². The minimum absolute atomic E-state index is 0.00126. The molecule has 2 aromatic rings. The molecule has 12 nitrogen and oxygen atoms in total. The highest BCUT2D eigenvalue weighted by molar-refractivity contribution is 7.94. The Kier molecular flexibility index (Phi) is 10.6. The van der Waals surface area contributed by atoms with Gasteiger partial charge in [0.15, 0.2) is 0 Å². The largest absolute Gasteiger partial charge is 0.472 e. The van der Waals surface area contributed by atoms with Gasteiger partial charge >= 0.3 is 18.1 Å². The normalized spacial score (nSPS) is 13.2. The number of sulfonamides is 2. The Morgan fingerprint density at radius 1 is 0.854 bits per heavy atom. The van der Waals surface area contributed by atoms with Crippen LogP contribution in [0.25, 0.3) is 0 Å². The lowest BCUT2D eigenvalue weighted by Crippen LogP contribution is -2.40. The first kappa shape index (κ1) is 33.6. The van der Waals surface area contributed by atoms with E-state index in [1.165, 1.54) is 35.8 Å². The number of benzene rings is 2. The number of hydrazine groups is 1. The molecule has 2 aromatic carbocycles. The molecule has 6 N–H and O–H groups in total. The third kappa shape index (κ3) is 10.4. The van der Waals surface area contributed by atoms with Crippen molar-refractivity contribution in [1.82, 2.24) is 15.5 Å². The third-order valence-electron chi connectivity index (χ3n) is 5.34. The van der Waals surface area contributed by atoms with E-state index >= 15 is 0 Å². The number of nitrogens with one attached hydrogen (secondary N) is 6. The second-order valence-electron chi connectivity index (χ2n) is 10.3. The van der Waals surface area contributed by atoms with Crippen LogP contribution in [0.15, 0.2) is 52.3 Å². The molecule has 0 fully saturated rings. The van der Waals surface area contributed by atoms with Crippen molar-refractivity contribution in [1.29, 1.82) is 0 Å². The summed E-state index contributed by atoms with van der Waals surface area (Å²) in [7, 11) is -7.74. The lowest BCUT2D eigenvalue weighted by atomic mass is 9.85. The molecule has 0 radical (unpaired) electrons. The number of carbonyl (C=O) groups excluding carboxylic acids is 2. The molecule has 1 unspecified atom stereocenters. The fourth-order valence-corrected chi connectivity index (χ4v) is 6.34. The number of rotatable bonds is 11. The Bertz CT molecular complexity index is 1460. The lowest BCUT2D eigenvalue weighted by molar-refractivity contribution is -0.173. The number of hydrogen-bond donors (Lipinski definition) is 6. The summed E-state index contributed by atoms with van der Waals surface area (Å²) in [6.45, 7) is 8.55. The predicted octanol–water partition coefficient (Wildman–Crippen LogP) is 3.59. The molecular formula is C24H33F3N6O6S2. The fraction of sp³-hybridized carbons (Fsp3) is 0.417. The van der Waals surface area contributed by atoms with Crippen LogP contribution in [0.3, 0.4) is 0 Å². The van der Waals surface area contributed by atoms with Gasteiger partial charge in [0.05, 0.1) is 5.69 Å². The second-order valence-corrected chi connectivity index (χ2v) is 13.8. The summed E-state index contributed by atoms with van der Waals surface area (Å²) < 4.78 is 92.8. The molecule has 3 amide bonds. The number of carbonyl (C=O) groups is 2. The van der Waals surface area contributed by atoms with Crippen molar-refractivity contribution < 1.29 is 39.6 Å². The number of anilines is 3. The zero-order valence-corrected chi connectivity index (χ0v) is 24.6. The lowest BCUT2D eigenvalue weighted by Gasteiger charge is -2.23. The van der Waals surface area contributed by atoms with Gasteiger partial charge in [-0.25, -0.2) is 26.4 Å². The summed E-state index contributed by atoms with van der Waals surface area (Å²) in [5.41, 5.74) is 3.46. The van der Waals surface area contributed by atoms with Gasteiger partial charge in [-0.05, 0) is 67.3 Å². The quantitative estimate of drug-likeness (QED) is 0.208. The molecular weight excluding hydrogens is 589 g/mol. The van der Waals surface area contributed by atoms with Crippen LogP contribution < -0.4 is 30.9 Å². The second kappa shape index (κ2) is 12.9. The molecule has 0 aliphatic carbocycles. The Hall–Kier alpha value is -3.57. The van der Waals surface area contributed by atoms with Gasteiger partial charge in [0.1, 0.15) is 9.79 Å². The topological polar surface area (TPSA) is 175 Å². The summed E-state index contributed by atoms with van der Waals surface area (Å²) in [6, 6.07) is 7.29. The molecule has 0 aromatic heterocycles. The van der Waals surface area contributed by atoms with Gasteiger partial charge < -0.3 is 10.6 Å². The van der Waals surface area contributed by atoms with Gasteiger partial charge in [-0.2, -0.15) is 13.2 Å². The molecule has 0 heterocycles. The molecule has 2 rings (SSSR count). The molecule has 0 spiro atoms. The molecule has 17 heteroatoms. The monoisotopic (exact) mass is 622 g/mol. The molecule has 228 valence electrons. The van der Waals surface area contributed by atoms with E-state index < -0.39 is 48.0 Å². The highest BCUT2D eigenvalue weighted by Gasteiger charge is 2.38. The van der Waals surface area contributed by atoms with E-state index in [1.54, 1.807) is 0 Å². The van der Waals surface area contributed by atoms with Crippen LogP contribution in [-0.4, -0.2) is 48.5 Å². The maximum absolute atomic E-state index is 13.3. The minimum Gasteiger partial charge on any atom is -0.338 e. The summed E-state index contributed by atoms with van der Waals surface area (Å²) in [4.78, 5) is 22.1. The molecule has 41 heavy (non-hydrogen) atoms. The standard InChI is InChI=1S/C24H33F3N6O6S2/c1-15(13-23(2,3)4)14-29-22(35)30-18-10-11-19(40(36,37)28-5)20(12-18)41(38,39)33-17-8-6-16(7-9-17)31-32-21(34)24(25,26)27/h6-12,15,28,31,33H,13-14H2,1-5H3,(H,32,34)(H2,29,30,35). The van der Waals surface area contributed by atoms with Gasteiger partial charge in [-0.15, -0.1) is 0 Å². The first-order valence-corrected chi connectivity index (χ1v) is 15.1. The van der Waals surface area contributed by atoms with Gasteiger partial charge in [0, 0.05) is 17.9 Å². The minimum atomic E-state index is -5.11. The van der Waals surface area contributed by atoms with Crippen molar-refractivity contribution in [3.05, 3.63) is 42.5 Å². The Labute approximate surface area is 236 Å². The van der Waals surface area contributed by atoms with E-state index in [9.17, 15) is 39.6 Å². The predicted molar refractivity (Wildman–Crippen MR) is 148 cm³/mol. The van der Waals surface area contributed by atoms with Crippen LogP contribution in [0, 0.1) is 11.3 Å². The average Bonchev–Trinajstić information content (AvgIpc) is 2.85. The van der Waals surface area contributed by atoms with Crippen molar-refractivity contribution in [2.24, 2.45) is 11.3 Å². The van der Waals surface area contributed by atoms with Gasteiger partial charge in [-0.1, -0.05) is 27.7 Å². The molecule has 1 atom stereocenters. The van der Waals surface area contributed by atoms with Gasteiger partial charge in [0.2, 0.25) is 10.0 Å². The van der Waals surface area contributed by atoms with Crippen molar-refractivity contribution in [3.63, 3.8) is 0 Å². The van der Waals surface area contributed by atoms with Crippen LogP contribution in [-0.2, 0) is 24.8 Å². The number of halogens is 3. The van der Waals surface area contributed by atoms with Crippen LogP contribution in [0.5, 0.6) is 0 Å². The molecule has 0 saturated carbocycles. The molecule has 0 aliphatic rings. The molecule has 0 bridgehead atoms. The van der Waals surface area contributed by atoms with Crippen LogP contribution in [0.1, 0.15) is 34.1 Å². The maximum atomic E-state index is 13.3. The highest BCUT2D eigenvalue weighted by Crippen LogP contribution is 2.28. The number of amides is 3. The summed E-state index contributed by atoms with van der Waals surface area (Å²) >= 11 is 0. The van der Waals surface area contributed by atoms with Crippen molar-refractivity contribution >= 4 is 49.0 Å². The summed E-state index contributed by atoms with van der Waals surface area (Å²) in [6.07, 6.45) is -4.26. The van der Waals surface area contributed by atoms with Gasteiger partial charge in [-0.3, -0.25) is 20.4 Å². The highest BCUT2D eigenvalue weighted by atomic mass is 32.2. The Morgan fingerprint density at radius 3 is 1.95 bits per heavy atom. The van der Waals surface area contributed by atoms with E-state index in [1.807, 2.05) is 17.1 Å². The van der Waals surface area contributed by atoms with Crippen molar-refractivity contribution in [3.8, 4) is 0 Å². The molecule has 0 saturated heterocycles. The SMILES string of the molecule is CNS(=O)(=O)c1ccc(NC(=O)NCC(C)CC(C)(C)C)cc1S(=O)(=O)Nc1ccc(NNC(=O)C(F)(F)F)cc1. The number of urea groups is 1. The first-order chi connectivity index (χ1) is 18.7. The van der Waals surface area contributed by atoms with E-state index in [4.69, 9.17) is 0 Å². The number of alkyl halides is 3. The van der Waals surface area contributed by atoms with Crippen LogP contribution >= 0.6 is 0 Å². The van der Waals surface area contributed by atoms with E-state index in [2.05, 4.69) is 36.1 Å². The average molecular weight is 623 g/mol. The Morgan fingerprint density at radius 2 is 1.41 bits per heavy atom. The third-order valence-corrected chi connectivity index (χ3v) is 8.36. The summed E-state index contributed by atoms with van der Waals surface area (Å²) in [5, 5.41) is 5.19. The van der Waals surface area contributed by atoms with E-state index in [0.29, 0.717) is 6.54 Å². The fourth-order valence-electron chi connectivity index (χ4n) is 3.72. The zero-order valence-electron chi connectivity index (χ0n) is 22.9. The number of hydrogen-bond acceptors (Lipinski definition) is 7. The zero-order chi connectivity index (χ0) is 31.2. The summed E-state index contributed by atoms with van der Waals surface area (Å²) in [5.74, 6) is -2.08. The van der Waals surface area contributed by atoms with E-state index in [0.717, 1.165) is 25.6 Å². The smallest absolute Gasteiger partial charge is 0.338 e. The van der Waals surface area contributed by atoms with Gasteiger partial charge in [0.25, 0.3) is 10.0 Å². The van der Waals surface area contributed by atoms with Crippen molar-refractivity contribution in [2.45, 2.75) is 50.1 Å². The van der Waals surface area contributed by atoms with Crippen molar-refractivity contribution in [2.75, 3.05) is 29.1 Å². The first-order valence-electron chi connectivity index (χ1n) is 12.1. The Balaban J connectivity index is 2.25. The van der Waals surface area contributed by atoms with Crippen LogP contribution in [0.4, 0.5) is 35.0 Å². The van der Waals surface area contributed by atoms with E-state index in [-0.39, 0.29) is 28.4 Å². The maximum Gasteiger partial charge on any atom is 0.472 e. The molecule has 0 aliphatic heterocycles.